The summed E-state index contributed by atoms with van der Waals surface area (Å²) in [6.07, 6.45) is 0. The van der Waals surface area contributed by atoms with Gasteiger partial charge in [0.25, 0.3) is 5.91 Å². The first-order valence-corrected chi connectivity index (χ1v) is 7.38. The van der Waals surface area contributed by atoms with Crippen LogP contribution in [-0.2, 0) is 4.79 Å². The van der Waals surface area contributed by atoms with Crippen molar-refractivity contribution in [2.75, 3.05) is 18.1 Å². The lowest BCUT2D eigenvalue weighted by molar-refractivity contribution is -0.380. The predicted octanol–water partition coefficient (Wildman–Crippen LogP) is 1.30. The molecule has 1 fully saturated rings. The van der Waals surface area contributed by atoms with Crippen LogP contribution in [0.3, 0.4) is 0 Å². The molecule has 1 saturated heterocycles. The van der Waals surface area contributed by atoms with E-state index in [1.807, 2.05) is 0 Å². The SMILES string of the molecule is O=C(O)C1CSCCN1C(=O)c1csc([N+](=O)[O-])c1. The van der Waals surface area contributed by atoms with Gasteiger partial charge in [-0.1, -0.05) is 11.3 Å². The van der Waals surface area contributed by atoms with Crippen molar-refractivity contribution in [3.05, 3.63) is 27.1 Å². The van der Waals surface area contributed by atoms with E-state index in [1.165, 1.54) is 28.1 Å². The Morgan fingerprint density at radius 1 is 1.53 bits per heavy atom. The molecule has 9 heteroatoms. The predicted molar refractivity (Wildman–Crippen MR) is 70.8 cm³/mol. The quantitative estimate of drug-likeness (QED) is 0.667. The van der Waals surface area contributed by atoms with Crippen LogP contribution in [0.25, 0.3) is 0 Å². The fraction of sp³-hybridized carbons (Fsp3) is 0.400. The number of carbonyl (C=O) groups is 2. The summed E-state index contributed by atoms with van der Waals surface area (Å²) in [4.78, 5) is 34.6. The summed E-state index contributed by atoms with van der Waals surface area (Å²) >= 11 is 2.34. The number of hydrogen-bond donors (Lipinski definition) is 1. The third-order valence-electron chi connectivity index (χ3n) is 2.69. The van der Waals surface area contributed by atoms with E-state index in [0.717, 1.165) is 11.3 Å². The number of thioether (sulfide) groups is 1. The number of nitrogens with zero attached hydrogens (tertiary/aromatic N) is 2. The molecule has 7 nitrogen and oxygen atoms in total. The van der Waals surface area contributed by atoms with Gasteiger partial charge in [0.1, 0.15) is 6.04 Å². The lowest BCUT2D eigenvalue weighted by Crippen LogP contribution is -2.50. The molecule has 0 spiro atoms. The zero-order valence-corrected chi connectivity index (χ0v) is 11.3. The third-order valence-corrected chi connectivity index (χ3v) is 4.59. The minimum absolute atomic E-state index is 0.124. The van der Waals surface area contributed by atoms with Gasteiger partial charge in [0.05, 0.1) is 10.5 Å². The number of rotatable bonds is 3. The van der Waals surface area contributed by atoms with Gasteiger partial charge >= 0.3 is 11.0 Å². The molecule has 1 aliphatic heterocycles. The highest BCUT2D eigenvalue weighted by Gasteiger charge is 2.33. The number of carboxylic acid groups (broad SMARTS) is 1. The monoisotopic (exact) mass is 302 g/mol. The first kappa shape index (κ1) is 13.8. The Balaban J connectivity index is 2.21. The van der Waals surface area contributed by atoms with E-state index in [-0.39, 0.29) is 10.6 Å². The van der Waals surface area contributed by atoms with Crippen LogP contribution < -0.4 is 0 Å². The Hall–Kier alpha value is -1.61. The van der Waals surface area contributed by atoms with Gasteiger partial charge in [0.15, 0.2) is 0 Å². The molecule has 0 aromatic carbocycles. The van der Waals surface area contributed by atoms with Crippen LogP contribution >= 0.6 is 23.1 Å². The second-order valence-electron chi connectivity index (χ2n) is 3.86. The van der Waals surface area contributed by atoms with Crippen molar-refractivity contribution in [3.8, 4) is 0 Å². The highest BCUT2D eigenvalue weighted by Crippen LogP contribution is 2.26. The molecule has 1 unspecified atom stereocenters. The Morgan fingerprint density at radius 2 is 2.26 bits per heavy atom. The van der Waals surface area contributed by atoms with E-state index in [4.69, 9.17) is 5.11 Å². The van der Waals surface area contributed by atoms with E-state index >= 15 is 0 Å². The summed E-state index contributed by atoms with van der Waals surface area (Å²) in [5.74, 6) is -0.503. The minimum atomic E-state index is -1.05. The summed E-state index contributed by atoms with van der Waals surface area (Å²) in [5.41, 5.74) is 0.176. The molecular formula is C10H10N2O5S2. The largest absolute Gasteiger partial charge is 0.480 e. The Morgan fingerprint density at radius 3 is 2.84 bits per heavy atom. The van der Waals surface area contributed by atoms with Crippen LogP contribution in [-0.4, -0.2) is 50.9 Å². The third kappa shape index (κ3) is 2.87. The topological polar surface area (TPSA) is 101 Å². The van der Waals surface area contributed by atoms with E-state index < -0.39 is 22.8 Å². The van der Waals surface area contributed by atoms with E-state index in [0.29, 0.717) is 18.1 Å². The molecule has 19 heavy (non-hydrogen) atoms. The van der Waals surface area contributed by atoms with Gasteiger partial charge in [0.2, 0.25) is 0 Å². The molecule has 1 aliphatic rings. The summed E-state index contributed by atoms with van der Waals surface area (Å²) in [7, 11) is 0. The van der Waals surface area contributed by atoms with Crippen molar-refractivity contribution in [2.45, 2.75) is 6.04 Å². The Bertz CT molecular complexity index is 530. The number of carboxylic acids is 1. The molecular weight excluding hydrogens is 292 g/mol. The smallest absolute Gasteiger partial charge is 0.327 e. The van der Waals surface area contributed by atoms with Crippen LogP contribution in [0.15, 0.2) is 11.4 Å². The van der Waals surface area contributed by atoms with Crippen LogP contribution in [0.5, 0.6) is 0 Å². The Kier molecular flexibility index (Phi) is 4.05. The maximum Gasteiger partial charge on any atom is 0.327 e. The average molecular weight is 302 g/mol. The number of thiophene rings is 1. The van der Waals surface area contributed by atoms with E-state index in [1.54, 1.807) is 0 Å². The van der Waals surface area contributed by atoms with Gasteiger partial charge in [-0.2, -0.15) is 11.8 Å². The van der Waals surface area contributed by atoms with Gasteiger partial charge < -0.3 is 10.0 Å². The highest BCUT2D eigenvalue weighted by molar-refractivity contribution is 7.99. The molecule has 0 radical (unpaired) electrons. The fourth-order valence-electron chi connectivity index (χ4n) is 1.75. The molecule has 1 aromatic heterocycles. The van der Waals surface area contributed by atoms with Gasteiger partial charge in [-0.3, -0.25) is 14.9 Å². The highest BCUT2D eigenvalue weighted by atomic mass is 32.2. The first-order valence-electron chi connectivity index (χ1n) is 5.35. The molecule has 0 saturated carbocycles. The van der Waals surface area contributed by atoms with Crippen molar-refractivity contribution < 1.29 is 19.6 Å². The molecule has 2 heterocycles. The van der Waals surface area contributed by atoms with Gasteiger partial charge in [-0.25, -0.2) is 4.79 Å². The van der Waals surface area contributed by atoms with Gasteiger partial charge in [-0.05, 0) is 0 Å². The van der Waals surface area contributed by atoms with Crippen LogP contribution in [0.4, 0.5) is 5.00 Å². The molecule has 0 aliphatic carbocycles. The van der Waals surface area contributed by atoms with Crippen LogP contribution in [0.1, 0.15) is 10.4 Å². The average Bonchev–Trinajstić information content (AvgIpc) is 2.87. The van der Waals surface area contributed by atoms with Crippen molar-refractivity contribution in [2.24, 2.45) is 0 Å². The first-order chi connectivity index (χ1) is 9.00. The minimum Gasteiger partial charge on any atom is -0.480 e. The van der Waals surface area contributed by atoms with Crippen molar-refractivity contribution in [1.29, 1.82) is 0 Å². The molecule has 1 aromatic rings. The maximum atomic E-state index is 12.2. The molecule has 1 atom stereocenters. The standard InChI is InChI=1S/C10H10N2O5S2/c13-9(6-3-8(12(16)17)19-4-6)11-1-2-18-5-7(11)10(14)15/h3-4,7H,1-2,5H2,(H,14,15). The second-order valence-corrected chi connectivity index (χ2v) is 5.90. The summed E-state index contributed by atoms with van der Waals surface area (Å²) in [6.45, 7) is 0.337. The summed E-state index contributed by atoms with van der Waals surface area (Å²) in [6, 6.07) is 0.318. The zero-order valence-electron chi connectivity index (χ0n) is 9.64. The number of hydrogen-bond acceptors (Lipinski definition) is 6. The number of aliphatic carboxylic acids is 1. The van der Waals surface area contributed by atoms with Crippen molar-refractivity contribution >= 4 is 40.0 Å². The maximum absolute atomic E-state index is 12.2. The summed E-state index contributed by atoms with van der Waals surface area (Å²) < 4.78 is 0. The lowest BCUT2D eigenvalue weighted by Gasteiger charge is -2.32. The second kappa shape index (κ2) is 5.57. The normalized spacial score (nSPS) is 19.2. The fourth-order valence-corrected chi connectivity index (χ4v) is 3.49. The van der Waals surface area contributed by atoms with Gasteiger partial charge in [-0.15, -0.1) is 0 Å². The molecule has 0 bridgehead atoms. The lowest BCUT2D eigenvalue weighted by atomic mass is 10.2. The van der Waals surface area contributed by atoms with Crippen LogP contribution in [0, 0.1) is 10.1 Å². The molecule has 102 valence electrons. The number of nitro groups is 1. The number of carbonyl (C=O) groups excluding carboxylic acids is 1. The van der Waals surface area contributed by atoms with Gasteiger partial charge in [0, 0.05) is 29.5 Å². The van der Waals surface area contributed by atoms with E-state index in [9.17, 15) is 19.7 Å². The summed E-state index contributed by atoms with van der Waals surface area (Å²) in [5, 5.41) is 20.9. The molecule has 1 N–H and O–H groups in total. The zero-order chi connectivity index (χ0) is 14.0. The van der Waals surface area contributed by atoms with Crippen molar-refractivity contribution in [1.82, 2.24) is 4.90 Å². The van der Waals surface area contributed by atoms with Crippen LogP contribution in [0.2, 0.25) is 0 Å². The Labute approximate surface area is 116 Å². The molecule has 2 rings (SSSR count). The van der Waals surface area contributed by atoms with E-state index in [2.05, 4.69) is 0 Å². The van der Waals surface area contributed by atoms with Crippen molar-refractivity contribution in [3.63, 3.8) is 0 Å². The molecule has 1 amide bonds. The number of amides is 1.